The molecule has 0 spiro atoms. The number of anilines is 1. The van der Waals surface area contributed by atoms with Crippen LogP contribution in [0.5, 0.6) is 0 Å². The molecule has 3 rings (SSSR count). The summed E-state index contributed by atoms with van der Waals surface area (Å²) in [4.78, 5) is 0.713. The van der Waals surface area contributed by atoms with Crippen molar-refractivity contribution in [3.8, 4) is 0 Å². The van der Waals surface area contributed by atoms with E-state index >= 15 is 0 Å². The van der Waals surface area contributed by atoms with Gasteiger partial charge in [-0.1, -0.05) is 11.8 Å². The molecule has 2 aliphatic rings. The van der Waals surface area contributed by atoms with Crippen molar-refractivity contribution >= 4 is 17.4 Å². The number of aliphatic hydroxyl groups excluding tert-OH is 7. The molecule has 0 aromatic heterocycles. The van der Waals surface area contributed by atoms with E-state index in [1.54, 1.807) is 24.3 Å². The third kappa shape index (κ3) is 4.89. The van der Waals surface area contributed by atoms with Crippen LogP contribution in [0.15, 0.2) is 29.2 Å². The van der Waals surface area contributed by atoms with Crippen molar-refractivity contribution < 1.29 is 50.0 Å². The van der Waals surface area contributed by atoms with Crippen LogP contribution in [0, 0.1) is 0 Å². The average molecular weight is 449 g/mol. The molecular weight excluding hydrogens is 422 g/mol. The Hall–Kier alpha value is -1.03. The molecule has 0 amide bonds. The molecule has 1 aromatic carbocycles. The lowest BCUT2D eigenvalue weighted by Crippen LogP contribution is -2.64. The summed E-state index contributed by atoms with van der Waals surface area (Å²) in [5.41, 5.74) is 5.27. The summed E-state index contributed by atoms with van der Waals surface area (Å²) in [6.45, 7) is -1.23. The van der Waals surface area contributed by atoms with E-state index in [4.69, 9.17) is 19.9 Å². The standard InChI is InChI=1S/C18H27NO10S/c19-7-1-3-8(4-2-7)30-18-15(26)13(24)16(10(6-21)28-18)29-17-14(25)12(23)11(22)9(5-20)27-17/h1-4,9-18,20-26H,5-6,19H2/t9-,10-,11+,12-,13+,14+,15+,16+,17-,18-/m0/s1. The van der Waals surface area contributed by atoms with E-state index in [-0.39, 0.29) is 0 Å². The van der Waals surface area contributed by atoms with E-state index in [1.807, 2.05) is 0 Å². The average Bonchev–Trinajstić information content (AvgIpc) is 2.74. The van der Waals surface area contributed by atoms with Crippen LogP contribution >= 0.6 is 11.8 Å². The van der Waals surface area contributed by atoms with E-state index in [9.17, 15) is 35.7 Å². The first-order chi connectivity index (χ1) is 14.3. The Labute approximate surface area is 176 Å². The topological polar surface area (TPSA) is 195 Å². The molecule has 2 saturated heterocycles. The van der Waals surface area contributed by atoms with E-state index in [0.29, 0.717) is 10.6 Å². The molecule has 0 unspecified atom stereocenters. The minimum Gasteiger partial charge on any atom is -0.399 e. The number of rotatable bonds is 6. The van der Waals surface area contributed by atoms with Gasteiger partial charge in [0, 0.05) is 10.6 Å². The Morgan fingerprint density at radius 1 is 0.800 bits per heavy atom. The van der Waals surface area contributed by atoms with Crippen LogP contribution in [0.3, 0.4) is 0 Å². The van der Waals surface area contributed by atoms with Gasteiger partial charge in [-0.15, -0.1) is 0 Å². The van der Waals surface area contributed by atoms with Gasteiger partial charge in [0.15, 0.2) is 6.29 Å². The Bertz CT molecular complexity index is 677. The molecule has 0 bridgehead atoms. The second kappa shape index (κ2) is 10.1. The summed E-state index contributed by atoms with van der Waals surface area (Å²) < 4.78 is 16.5. The van der Waals surface area contributed by atoms with Crippen molar-refractivity contribution in [2.75, 3.05) is 18.9 Å². The van der Waals surface area contributed by atoms with Crippen molar-refractivity contribution in [2.45, 2.75) is 65.5 Å². The van der Waals surface area contributed by atoms with Crippen LogP contribution in [-0.4, -0.2) is 110 Å². The van der Waals surface area contributed by atoms with Crippen molar-refractivity contribution in [1.82, 2.24) is 0 Å². The number of ether oxygens (including phenoxy) is 3. The number of thioether (sulfide) groups is 1. The number of hydrogen-bond acceptors (Lipinski definition) is 12. The maximum Gasteiger partial charge on any atom is 0.187 e. The fourth-order valence-electron chi connectivity index (χ4n) is 3.33. The molecule has 1 aromatic rings. The predicted octanol–water partition coefficient (Wildman–Crippen LogP) is -3.01. The molecule has 0 saturated carbocycles. The van der Waals surface area contributed by atoms with E-state index in [1.165, 1.54) is 0 Å². The van der Waals surface area contributed by atoms with Crippen LogP contribution in [0.2, 0.25) is 0 Å². The van der Waals surface area contributed by atoms with Gasteiger partial charge in [0.25, 0.3) is 0 Å². The summed E-state index contributed by atoms with van der Waals surface area (Å²) in [5, 5.41) is 70.0. The third-order valence-electron chi connectivity index (χ3n) is 5.09. The molecule has 2 aliphatic heterocycles. The first kappa shape index (κ1) is 23.6. The van der Waals surface area contributed by atoms with Gasteiger partial charge < -0.3 is 55.7 Å². The van der Waals surface area contributed by atoms with Crippen molar-refractivity contribution in [2.24, 2.45) is 0 Å². The summed E-state index contributed by atoms with van der Waals surface area (Å²) >= 11 is 1.12. The smallest absolute Gasteiger partial charge is 0.187 e. The summed E-state index contributed by atoms with van der Waals surface area (Å²) in [7, 11) is 0. The number of benzene rings is 1. The van der Waals surface area contributed by atoms with Gasteiger partial charge in [0.2, 0.25) is 0 Å². The van der Waals surface area contributed by atoms with Crippen molar-refractivity contribution in [3.63, 3.8) is 0 Å². The lowest BCUT2D eigenvalue weighted by Gasteiger charge is -2.46. The second-order valence-corrected chi connectivity index (χ2v) is 8.36. The first-order valence-electron chi connectivity index (χ1n) is 9.37. The molecule has 2 heterocycles. The SMILES string of the molecule is Nc1ccc(S[C@@H]2O[C@@H](CO)[C@@H](O[C@@H]3O[C@@H](CO)[C@@H](O)[C@H](O)[C@H]3O)[C@H](O)[C@H]2O)cc1. The van der Waals surface area contributed by atoms with Crippen LogP contribution < -0.4 is 5.73 Å². The number of nitrogens with two attached hydrogens (primary N) is 1. The largest absolute Gasteiger partial charge is 0.399 e. The van der Waals surface area contributed by atoms with Gasteiger partial charge in [-0.2, -0.15) is 0 Å². The fraction of sp³-hybridized carbons (Fsp3) is 0.667. The maximum absolute atomic E-state index is 10.6. The lowest BCUT2D eigenvalue weighted by atomic mass is 9.97. The third-order valence-corrected chi connectivity index (χ3v) is 6.26. The zero-order chi connectivity index (χ0) is 22.0. The van der Waals surface area contributed by atoms with Gasteiger partial charge in [-0.25, -0.2) is 0 Å². The molecular formula is C18H27NO10S. The zero-order valence-electron chi connectivity index (χ0n) is 15.8. The van der Waals surface area contributed by atoms with Gasteiger partial charge in [0.1, 0.15) is 54.3 Å². The Balaban J connectivity index is 1.71. The zero-order valence-corrected chi connectivity index (χ0v) is 16.7. The van der Waals surface area contributed by atoms with Gasteiger partial charge in [-0.3, -0.25) is 0 Å². The van der Waals surface area contributed by atoms with Gasteiger partial charge in [0.05, 0.1) is 13.2 Å². The minimum atomic E-state index is -1.70. The van der Waals surface area contributed by atoms with Crippen LogP contribution in [0.4, 0.5) is 5.69 Å². The highest BCUT2D eigenvalue weighted by atomic mass is 32.2. The quantitative estimate of drug-likeness (QED) is 0.205. The fourth-order valence-corrected chi connectivity index (χ4v) is 4.39. The van der Waals surface area contributed by atoms with Crippen LogP contribution in [0.25, 0.3) is 0 Å². The van der Waals surface area contributed by atoms with Gasteiger partial charge in [-0.05, 0) is 24.3 Å². The molecule has 0 radical (unpaired) electrons. The van der Waals surface area contributed by atoms with Crippen molar-refractivity contribution in [1.29, 1.82) is 0 Å². The highest BCUT2D eigenvalue weighted by Crippen LogP contribution is 2.35. The lowest BCUT2D eigenvalue weighted by molar-refractivity contribution is -0.338. The van der Waals surface area contributed by atoms with Crippen molar-refractivity contribution in [3.05, 3.63) is 24.3 Å². The van der Waals surface area contributed by atoms with Crippen LogP contribution in [-0.2, 0) is 14.2 Å². The highest BCUT2D eigenvalue weighted by Gasteiger charge is 2.50. The normalized spacial score (nSPS) is 42.2. The van der Waals surface area contributed by atoms with E-state index in [2.05, 4.69) is 0 Å². The van der Waals surface area contributed by atoms with Gasteiger partial charge >= 0.3 is 0 Å². The van der Waals surface area contributed by atoms with E-state index < -0.39 is 73.8 Å². The molecule has 11 nitrogen and oxygen atoms in total. The Morgan fingerprint density at radius 2 is 1.43 bits per heavy atom. The number of hydrogen-bond donors (Lipinski definition) is 8. The molecule has 12 heteroatoms. The summed E-state index contributed by atoms with van der Waals surface area (Å²) in [5.74, 6) is 0. The molecule has 170 valence electrons. The second-order valence-electron chi connectivity index (χ2n) is 7.19. The summed E-state index contributed by atoms with van der Waals surface area (Å²) in [6, 6.07) is 6.77. The minimum absolute atomic E-state index is 0.561. The summed E-state index contributed by atoms with van der Waals surface area (Å²) in [6.07, 6.45) is -13.1. The van der Waals surface area contributed by atoms with Crippen LogP contribution in [0.1, 0.15) is 0 Å². The maximum atomic E-state index is 10.6. The number of nitrogen functional groups attached to an aromatic ring is 1. The monoisotopic (exact) mass is 449 g/mol. The molecule has 9 N–H and O–H groups in total. The Kier molecular flexibility index (Phi) is 7.92. The predicted molar refractivity (Wildman–Crippen MR) is 103 cm³/mol. The highest BCUT2D eigenvalue weighted by molar-refractivity contribution is 7.99. The Morgan fingerprint density at radius 3 is 2.03 bits per heavy atom. The molecule has 10 atom stereocenters. The van der Waals surface area contributed by atoms with E-state index in [0.717, 1.165) is 11.8 Å². The molecule has 30 heavy (non-hydrogen) atoms. The molecule has 2 fully saturated rings. The first-order valence-corrected chi connectivity index (χ1v) is 10.3. The molecule has 0 aliphatic carbocycles. The number of aliphatic hydroxyl groups is 7.